The lowest BCUT2D eigenvalue weighted by Gasteiger charge is -2.09. The van der Waals surface area contributed by atoms with Gasteiger partial charge in [-0.05, 0) is 54.4 Å². The van der Waals surface area contributed by atoms with Crippen molar-refractivity contribution in [3.63, 3.8) is 0 Å². The van der Waals surface area contributed by atoms with Crippen LogP contribution in [0.25, 0.3) is 21.3 Å². The minimum atomic E-state index is 0.629. The molecule has 4 rings (SSSR count). The minimum absolute atomic E-state index is 0.629. The van der Waals surface area contributed by atoms with E-state index in [1.807, 2.05) is 31.2 Å². The first kappa shape index (κ1) is 14.7. The smallest absolute Gasteiger partial charge is 0.153 e. The number of hydrogen-bond acceptors (Lipinski definition) is 5. The first-order valence-corrected chi connectivity index (χ1v) is 8.46. The van der Waals surface area contributed by atoms with E-state index < -0.39 is 0 Å². The van der Waals surface area contributed by atoms with Gasteiger partial charge in [-0.15, -0.1) is 11.3 Å². The summed E-state index contributed by atoms with van der Waals surface area (Å²) < 4.78 is 1.21. The van der Waals surface area contributed by atoms with Crippen LogP contribution in [0.15, 0.2) is 60.8 Å². The van der Waals surface area contributed by atoms with Crippen molar-refractivity contribution in [1.82, 2.24) is 9.97 Å². The Morgan fingerprint density at radius 2 is 1.88 bits per heavy atom. The Morgan fingerprint density at radius 3 is 2.75 bits per heavy atom. The summed E-state index contributed by atoms with van der Waals surface area (Å²) in [6.45, 7) is 2.03. The zero-order valence-corrected chi connectivity index (χ0v) is 14.0. The van der Waals surface area contributed by atoms with Crippen LogP contribution in [-0.2, 0) is 0 Å². The Labute approximate surface area is 144 Å². The van der Waals surface area contributed by atoms with Crippen molar-refractivity contribution in [2.24, 2.45) is 0 Å². The molecule has 2 aromatic carbocycles. The van der Waals surface area contributed by atoms with Crippen LogP contribution in [0.1, 0.15) is 5.01 Å². The summed E-state index contributed by atoms with van der Waals surface area (Å²) in [4.78, 5) is 8.79. The van der Waals surface area contributed by atoms with E-state index in [0.29, 0.717) is 11.5 Å². The van der Waals surface area contributed by atoms with Crippen LogP contribution in [-0.4, -0.2) is 9.97 Å². The van der Waals surface area contributed by atoms with Crippen molar-refractivity contribution in [2.45, 2.75) is 6.92 Å². The maximum atomic E-state index is 5.95. The summed E-state index contributed by atoms with van der Waals surface area (Å²) in [6.07, 6.45) is 1.72. The topological polar surface area (TPSA) is 63.8 Å². The molecule has 118 valence electrons. The highest BCUT2D eigenvalue weighted by molar-refractivity contribution is 7.18. The Hall–Kier alpha value is -2.92. The van der Waals surface area contributed by atoms with Crippen molar-refractivity contribution < 1.29 is 0 Å². The van der Waals surface area contributed by atoms with Gasteiger partial charge in [0.05, 0.1) is 20.9 Å². The number of nitrogens with zero attached hydrogens (tertiary/aromatic N) is 2. The molecule has 0 saturated heterocycles. The standard InChI is InChI=1S/C19H16N4S/c1-12-22-17-8-7-14(11-18(17)24-12)13-4-2-5-15(10-13)23-19-16(20)6-3-9-21-19/h2-11H,20H2,1H3,(H,21,23). The fourth-order valence-corrected chi connectivity index (χ4v) is 3.52. The summed E-state index contributed by atoms with van der Waals surface area (Å²) in [7, 11) is 0. The molecule has 0 spiro atoms. The van der Waals surface area contributed by atoms with Gasteiger partial charge in [-0.1, -0.05) is 18.2 Å². The number of hydrogen-bond donors (Lipinski definition) is 2. The molecule has 24 heavy (non-hydrogen) atoms. The van der Waals surface area contributed by atoms with Gasteiger partial charge >= 0.3 is 0 Å². The molecule has 0 bridgehead atoms. The normalized spacial score (nSPS) is 10.9. The third-order valence-corrected chi connectivity index (χ3v) is 4.73. The molecule has 0 fully saturated rings. The zero-order valence-electron chi connectivity index (χ0n) is 13.2. The highest BCUT2D eigenvalue weighted by Crippen LogP contribution is 2.30. The fraction of sp³-hybridized carbons (Fsp3) is 0.0526. The molecule has 0 aliphatic heterocycles. The van der Waals surface area contributed by atoms with Crippen LogP contribution in [0.4, 0.5) is 17.2 Å². The molecule has 4 nitrogen and oxygen atoms in total. The lowest BCUT2D eigenvalue weighted by molar-refractivity contribution is 1.31. The van der Waals surface area contributed by atoms with Crippen LogP contribution in [0.2, 0.25) is 0 Å². The highest BCUT2D eigenvalue weighted by atomic mass is 32.1. The maximum absolute atomic E-state index is 5.95. The number of thiazole rings is 1. The number of nitrogens with one attached hydrogen (secondary N) is 1. The van der Waals surface area contributed by atoms with Gasteiger partial charge in [-0.3, -0.25) is 0 Å². The second kappa shape index (κ2) is 5.94. The van der Waals surface area contributed by atoms with E-state index in [1.54, 1.807) is 17.5 Å². The first-order chi connectivity index (χ1) is 11.7. The van der Waals surface area contributed by atoms with E-state index in [4.69, 9.17) is 5.73 Å². The van der Waals surface area contributed by atoms with Crippen LogP contribution in [0.3, 0.4) is 0 Å². The van der Waals surface area contributed by atoms with Gasteiger partial charge in [0, 0.05) is 11.9 Å². The summed E-state index contributed by atoms with van der Waals surface area (Å²) in [5, 5.41) is 4.36. The molecule has 4 aromatic rings. The SMILES string of the molecule is Cc1nc2ccc(-c3cccc(Nc4ncccc4N)c3)cc2s1. The zero-order chi connectivity index (χ0) is 16.5. The van der Waals surface area contributed by atoms with Gasteiger partial charge in [0.15, 0.2) is 5.82 Å². The summed E-state index contributed by atoms with van der Waals surface area (Å²) in [6, 6.07) is 18.3. The Morgan fingerprint density at radius 1 is 1.00 bits per heavy atom. The number of fused-ring (bicyclic) bond motifs is 1. The number of aryl methyl sites for hydroxylation is 1. The molecule has 0 aliphatic carbocycles. The molecular formula is C19H16N4S. The third-order valence-electron chi connectivity index (χ3n) is 3.79. The molecule has 3 N–H and O–H groups in total. The van der Waals surface area contributed by atoms with Gasteiger partial charge in [-0.2, -0.15) is 0 Å². The van der Waals surface area contributed by atoms with E-state index in [0.717, 1.165) is 21.8 Å². The highest BCUT2D eigenvalue weighted by Gasteiger charge is 2.05. The van der Waals surface area contributed by atoms with E-state index in [2.05, 4.69) is 45.6 Å². The molecule has 0 aliphatic rings. The van der Waals surface area contributed by atoms with Gasteiger partial charge < -0.3 is 11.1 Å². The monoisotopic (exact) mass is 332 g/mol. The second-order valence-corrected chi connectivity index (χ2v) is 6.80. The van der Waals surface area contributed by atoms with Crippen LogP contribution >= 0.6 is 11.3 Å². The van der Waals surface area contributed by atoms with Crippen LogP contribution in [0.5, 0.6) is 0 Å². The predicted molar refractivity (Wildman–Crippen MR) is 102 cm³/mol. The number of aromatic nitrogens is 2. The quantitative estimate of drug-likeness (QED) is 0.554. The summed E-state index contributed by atoms with van der Waals surface area (Å²) in [5.41, 5.74) is 10.9. The van der Waals surface area contributed by atoms with E-state index >= 15 is 0 Å². The van der Waals surface area contributed by atoms with E-state index in [1.165, 1.54) is 10.3 Å². The summed E-state index contributed by atoms with van der Waals surface area (Å²) in [5.74, 6) is 0.670. The van der Waals surface area contributed by atoms with Crippen molar-refractivity contribution in [3.05, 3.63) is 65.8 Å². The minimum Gasteiger partial charge on any atom is -0.396 e. The number of pyridine rings is 1. The average Bonchev–Trinajstić information content (AvgIpc) is 2.96. The third kappa shape index (κ3) is 2.81. The fourth-order valence-electron chi connectivity index (χ4n) is 2.65. The molecule has 0 atom stereocenters. The number of nitrogen functional groups attached to an aromatic ring is 1. The van der Waals surface area contributed by atoms with Gasteiger partial charge in [0.1, 0.15) is 0 Å². The number of rotatable bonds is 3. The second-order valence-electron chi connectivity index (χ2n) is 5.56. The average molecular weight is 332 g/mol. The summed E-state index contributed by atoms with van der Waals surface area (Å²) >= 11 is 1.72. The Bertz CT molecular complexity index is 1020. The number of nitrogens with two attached hydrogens (primary N) is 1. The first-order valence-electron chi connectivity index (χ1n) is 7.64. The Balaban J connectivity index is 1.69. The van der Waals surface area contributed by atoms with Crippen molar-refractivity contribution in [2.75, 3.05) is 11.1 Å². The molecule has 5 heteroatoms. The van der Waals surface area contributed by atoms with Gasteiger partial charge in [0.25, 0.3) is 0 Å². The number of anilines is 3. The lowest BCUT2D eigenvalue weighted by atomic mass is 10.0. The molecule has 0 radical (unpaired) electrons. The van der Waals surface area contributed by atoms with E-state index in [9.17, 15) is 0 Å². The molecule has 2 aromatic heterocycles. The van der Waals surface area contributed by atoms with Crippen molar-refractivity contribution in [1.29, 1.82) is 0 Å². The maximum Gasteiger partial charge on any atom is 0.153 e. The lowest BCUT2D eigenvalue weighted by Crippen LogP contribution is -1.98. The molecule has 0 unspecified atom stereocenters. The molecular weight excluding hydrogens is 316 g/mol. The van der Waals surface area contributed by atoms with E-state index in [-0.39, 0.29) is 0 Å². The largest absolute Gasteiger partial charge is 0.396 e. The van der Waals surface area contributed by atoms with Gasteiger partial charge in [0.2, 0.25) is 0 Å². The molecule has 0 saturated carbocycles. The van der Waals surface area contributed by atoms with Crippen molar-refractivity contribution in [3.8, 4) is 11.1 Å². The predicted octanol–water partition coefficient (Wildman–Crippen LogP) is 4.99. The molecule has 0 amide bonds. The van der Waals surface area contributed by atoms with Crippen molar-refractivity contribution >= 4 is 38.7 Å². The van der Waals surface area contributed by atoms with Crippen LogP contribution in [0, 0.1) is 6.92 Å². The number of benzene rings is 2. The Kier molecular flexibility index (Phi) is 3.63. The molecule has 2 heterocycles. The van der Waals surface area contributed by atoms with Gasteiger partial charge in [-0.25, -0.2) is 9.97 Å². The van der Waals surface area contributed by atoms with Crippen LogP contribution < -0.4 is 11.1 Å².